The lowest BCUT2D eigenvalue weighted by molar-refractivity contribution is 0.397. The van der Waals surface area contributed by atoms with Crippen LogP contribution in [0.3, 0.4) is 0 Å². The van der Waals surface area contributed by atoms with Crippen molar-refractivity contribution in [3.05, 3.63) is 146 Å². The average molecular weight is 612 g/mol. The maximum absolute atomic E-state index is 14.7. The molecule has 9 rings (SSSR count). The predicted molar refractivity (Wildman–Crippen MR) is 191 cm³/mol. The van der Waals surface area contributed by atoms with Crippen LogP contribution in [0.1, 0.15) is 0 Å². The SMILES string of the molecule is C=NP1(=O)Oc2c(c(-c3ccccc3)cc3ccc4ccccc4c23)-c2c(-c3ccccc3)cc3ccc4ccccc4c3c2O1. The highest BCUT2D eigenvalue weighted by Crippen LogP contribution is 2.64. The summed E-state index contributed by atoms with van der Waals surface area (Å²) in [5.41, 5.74) is 5.50. The molecule has 0 saturated carbocycles. The molecule has 0 aliphatic carbocycles. The summed E-state index contributed by atoms with van der Waals surface area (Å²) in [6, 6.07) is 49.7. The van der Waals surface area contributed by atoms with Gasteiger partial charge in [0.25, 0.3) is 0 Å². The second-order valence-electron chi connectivity index (χ2n) is 11.6. The van der Waals surface area contributed by atoms with Crippen molar-refractivity contribution in [3.63, 3.8) is 0 Å². The molecular weight excluding hydrogens is 585 g/mol. The lowest BCUT2D eigenvalue weighted by Gasteiger charge is -2.21. The average Bonchev–Trinajstić information content (AvgIpc) is 3.25. The maximum atomic E-state index is 14.7. The smallest absolute Gasteiger partial charge is 0.398 e. The van der Waals surface area contributed by atoms with Crippen LogP contribution < -0.4 is 9.05 Å². The van der Waals surface area contributed by atoms with Gasteiger partial charge in [-0.3, -0.25) is 0 Å². The van der Waals surface area contributed by atoms with E-state index < -0.39 is 7.75 Å². The Kier molecular flexibility index (Phi) is 5.90. The molecule has 0 aromatic heterocycles. The Hall–Kier alpha value is -5.70. The molecule has 1 aliphatic heterocycles. The van der Waals surface area contributed by atoms with E-state index in [9.17, 15) is 4.57 Å². The summed E-state index contributed by atoms with van der Waals surface area (Å²) >= 11 is 0. The van der Waals surface area contributed by atoms with E-state index >= 15 is 0 Å². The Morgan fingerprint density at radius 1 is 0.478 bits per heavy atom. The minimum absolute atomic E-state index is 0.472. The first-order valence-electron chi connectivity index (χ1n) is 15.2. The molecule has 46 heavy (non-hydrogen) atoms. The number of benzene rings is 8. The van der Waals surface area contributed by atoms with E-state index in [4.69, 9.17) is 9.05 Å². The molecule has 8 aromatic carbocycles. The van der Waals surface area contributed by atoms with Crippen molar-refractivity contribution in [2.45, 2.75) is 0 Å². The van der Waals surface area contributed by atoms with Gasteiger partial charge in [-0.1, -0.05) is 133 Å². The first kappa shape index (κ1) is 26.7. The van der Waals surface area contributed by atoms with Gasteiger partial charge in [-0.2, -0.15) is 4.76 Å². The minimum atomic E-state index is -4.18. The predicted octanol–water partition coefficient (Wildman–Crippen LogP) is 11.9. The molecular formula is C41H26NO3P. The lowest BCUT2D eigenvalue weighted by atomic mass is 9.83. The van der Waals surface area contributed by atoms with Crippen LogP contribution in [0.2, 0.25) is 0 Å². The lowest BCUT2D eigenvalue weighted by Crippen LogP contribution is -1.98. The first-order valence-corrected chi connectivity index (χ1v) is 16.7. The van der Waals surface area contributed by atoms with Gasteiger partial charge in [0.2, 0.25) is 0 Å². The van der Waals surface area contributed by atoms with Crippen molar-refractivity contribution in [3.8, 4) is 44.9 Å². The van der Waals surface area contributed by atoms with E-state index in [1.54, 1.807) is 0 Å². The third kappa shape index (κ3) is 4.01. The van der Waals surface area contributed by atoms with Crippen LogP contribution in [0.5, 0.6) is 11.5 Å². The van der Waals surface area contributed by atoms with Crippen molar-refractivity contribution in [1.82, 2.24) is 0 Å². The zero-order valence-corrected chi connectivity index (χ0v) is 25.6. The molecule has 4 nitrogen and oxygen atoms in total. The summed E-state index contributed by atoms with van der Waals surface area (Å²) in [4.78, 5) is 0. The Balaban J connectivity index is 1.59. The molecule has 0 atom stereocenters. The number of fused-ring (bicyclic) bond motifs is 11. The molecule has 0 spiro atoms. The van der Waals surface area contributed by atoms with Crippen molar-refractivity contribution in [2.24, 2.45) is 4.76 Å². The largest absolute Gasteiger partial charge is 0.562 e. The standard InChI is InChI=1S/C41H26NO3P/c1-42-46(43)44-40-36-30(22-20-28-16-8-10-18-32(28)36)24-34(26-12-4-2-5-13-26)38(40)39-35(27-14-6-3-7-15-27)25-31-23-21-29-17-9-11-19-33(29)37(31)41(39)45-46/h2-25H,1H2. The van der Waals surface area contributed by atoms with Gasteiger partial charge < -0.3 is 9.05 Å². The van der Waals surface area contributed by atoms with Crippen LogP contribution in [-0.4, -0.2) is 6.72 Å². The molecule has 0 radical (unpaired) electrons. The normalized spacial score (nSPS) is 13.5. The van der Waals surface area contributed by atoms with E-state index in [0.717, 1.165) is 76.5 Å². The van der Waals surface area contributed by atoms with Gasteiger partial charge in [0, 0.05) is 21.9 Å². The fourth-order valence-corrected chi connectivity index (χ4v) is 7.93. The molecule has 1 aliphatic rings. The van der Waals surface area contributed by atoms with E-state index in [2.05, 4.69) is 96.4 Å². The summed E-state index contributed by atoms with van der Waals surface area (Å²) in [6.07, 6.45) is 0. The first-order chi connectivity index (χ1) is 22.6. The minimum Gasteiger partial charge on any atom is -0.398 e. The van der Waals surface area contributed by atoms with Gasteiger partial charge in [0.1, 0.15) is 11.5 Å². The molecule has 218 valence electrons. The monoisotopic (exact) mass is 611 g/mol. The second kappa shape index (κ2) is 10.2. The van der Waals surface area contributed by atoms with Crippen LogP contribution in [0, 0.1) is 0 Å². The van der Waals surface area contributed by atoms with Crippen LogP contribution >= 0.6 is 7.75 Å². The van der Waals surface area contributed by atoms with E-state index in [0.29, 0.717) is 11.5 Å². The zero-order chi connectivity index (χ0) is 30.8. The van der Waals surface area contributed by atoms with Crippen molar-refractivity contribution in [2.75, 3.05) is 0 Å². The van der Waals surface area contributed by atoms with Crippen LogP contribution in [-0.2, 0) is 4.57 Å². The molecule has 1 heterocycles. The number of hydrogen-bond acceptors (Lipinski definition) is 3. The summed E-state index contributed by atoms with van der Waals surface area (Å²) in [5, 5.41) is 7.70. The second-order valence-corrected chi connectivity index (χ2v) is 13.1. The molecule has 0 unspecified atom stereocenters. The summed E-state index contributed by atoms with van der Waals surface area (Å²) < 4.78 is 32.0. The Morgan fingerprint density at radius 3 is 1.30 bits per heavy atom. The Bertz CT molecular complexity index is 2400. The molecule has 0 saturated heterocycles. The summed E-state index contributed by atoms with van der Waals surface area (Å²) in [7, 11) is -4.18. The van der Waals surface area contributed by atoms with Crippen LogP contribution in [0.25, 0.3) is 76.5 Å². The number of rotatable bonds is 3. The van der Waals surface area contributed by atoms with E-state index in [1.165, 1.54) is 0 Å². The van der Waals surface area contributed by atoms with Crippen LogP contribution in [0.4, 0.5) is 0 Å². The van der Waals surface area contributed by atoms with Crippen molar-refractivity contribution < 1.29 is 13.6 Å². The number of hydrogen-bond donors (Lipinski definition) is 0. The van der Waals surface area contributed by atoms with Gasteiger partial charge in [-0.05, 0) is 73.4 Å². The maximum Gasteiger partial charge on any atom is 0.562 e. The van der Waals surface area contributed by atoms with Gasteiger partial charge >= 0.3 is 7.75 Å². The third-order valence-electron chi connectivity index (χ3n) is 8.98. The fraction of sp³-hybridized carbons (Fsp3) is 0. The molecule has 0 bridgehead atoms. The van der Waals surface area contributed by atoms with E-state index in [1.807, 2.05) is 60.7 Å². The summed E-state index contributed by atoms with van der Waals surface area (Å²) in [5.74, 6) is 0.943. The van der Waals surface area contributed by atoms with Crippen LogP contribution in [0.15, 0.2) is 150 Å². The highest BCUT2D eigenvalue weighted by Gasteiger charge is 2.38. The molecule has 0 N–H and O–H groups in total. The van der Waals surface area contributed by atoms with Crippen molar-refractivity contribution in [1.29, 1.82) is 0 Å². The van der Waals surface area contributed by atoms with Crippen molar-refractivity contribution >= 4 is 57.6 Å². The van der Waals surface area contributed by atoms with E-state index in [-0.39, 0.29) is 0 Å². The summed E-state index contributed by atoms with van der Waals surface area (Å²) in [6.45, 7) is 3.73. The molecule has 0 fully saturated rings. The molecule has 8 aromatic rings. The van der Waals surface area contributed by atoms with Gasteiger partial charge in [0.05, 0.1) is 0 Å². The Labute approximate surface area is 265 Å². The number of nitrogens with zero attached hydrogens (tertiary/aromatic N) is 1. The quantitative estimate of drug-likeness (QED) is 0.113. The Morgan fingerprint density at radius 2 is 0.870 bits per heavy atom. The molecule has 5 heteroatoms. The van der Waals surface area contributed by atoms with Gasteiger partial charge in [-0.15, -0.1) is 0 Å². The highest BCUT2D eigenvalue weighted by atomic mass is 31.2. The zero-order valence-electron chi connectivity index (χ0n) is 24.7. The fourth-order valence-electron chi connectivity index (χ4n) is 6.95. The molecule has 0 amide bonds. The highest BCUT2D eigenvalue weighted by molar-refractivity contribution is 7.53. The van der Waals surface area contributed by atoms with Gasteiger partial charge in [0.15, 0.2) is 0 Å². The topological polar surface area (TPSA) is 47.9 Å². The third-order valence-corrected chi connectivity index (χ3v) is 10.1. The van der Waals surface area contributed by atoms with Gasteiger partial charge in [-0.25, -0.2) is 4.57 Å².